The van der Waals surface area contributed by atoms with Crippen molar-refractivity contribution in [3.8, 4) is 22.3 Å². The molecule has 0 aliphatic rings. The van der Waals surface area contributed by atoms with Gasteiger partial charge < -0.3 is 0 Å². The first kappa shape index (κ1) is 21.9. The van der Waals surface area contributed by atoms with Gasteiger partial charge in [-0.2, -0.15) is 13.2 Å². The van der Waals surface area contributed by atoms with Crippen molar-refractivity contribution in [3.05, 3.63) is 95.3 Å². The van der Waals surface area contributed by atoms with Gasteiger partial charge in [0.2, 0.25) is 0 Å². The molecule has 0 aliphatic heterocycles. The van der Waals surface area contributed by atoms with E-state index in [1.54, 1.807) is 24.3 Å². The number of hydrogen-bond donors (Lipinski definition) is 0. The summed E-state index contributed by atoms with van der Waals surface area (Å²) >= 11 is 0. The van der Waals surface area contributed by atoms with Gasteiger partial charge in [-0.05, 0) is 46.2 Å². The zero-order valence-electron chi connectivity index (χ0n) is 17.0. The lowest BCUT2D eigenvalue weighted by molar-refractivity contribution is -0.142. The van der Waals surface area contributed by atoms with Crippen molar-refractivity contribution < 1.29 is 26.3 Å². The molecular weight excluding hydrogens is 426 g/mol. The van der Waals surface area contributed by atoms with Crippen molar-refractivity contribution in [3.63, 3.8) is 0 Å². The van der Waals surface area contributed by atoms with Crippen LogP contribution in [0.15, 0.2) is 66.7 Å². The molecule has 4 rings (SSSR count). The molecule has 0 aromatic heterocycles. The van der Waals surface area contributed by atoms with Crippen molar-refractivity contribution in [2.75, 3.05) is 0 Å². The van der Waals surface area contributed by atoms with E-state index in [9.17, 15) is 22.0 Å². The smallest absolute Gasteiger partial charge is 0.206 e. The second-order valence-corrected chi connectivity index (χ2v) is 7.62. The van der Waals surface area contributed by atoms with Crippen LogP contribution in [0.5, 0.6) is 0 Å². The summed E-state index contributed by atoms with van der Waals surface area (Å²) in [6.07, 6.45) is -3.22. The highest BCUT2D eigenvalue weighted by Gasteiger charge is 2.37. The summed E-state index contributed by atoms with van der Waals surface area (Å²) < 4.78 is 81.3. The lowest BCUT2D eigenvalue weighted by Crippen LogP contribution is -2.11. The Morgan fingerprint density at radius 1 is 0.688 bits per heavy atom. The minimum atomic E-state index is -5.12. The molecule has 0 fully saturated rings. The molecule has 6 heteroatoms. The monoisotopic (exact) mass is 444 g/mol. The van der Waals surface area contributed by atoms with E-state index in [0.29, 0.717) is 34.2 Å². The lowest BCUT2D eigenvalue weighted by atomic mass is 9.96. The molecule has 0 saturated carbocycles. The largest absolute Gasteiger partial charge is 0.422 e. The van der Waals surface area contributed by atoms with E-state index in [-0.39, 0.29) is 11.4 Å². The van der Waals surface area contributed by atoms with Crippen LogP contribution in [0.1, 0.15) is 24.5 Å². The fourth-order valence-corrected chi connectivity index (χ4v) is 3.86. The third-order valence-corrected chi connectivity index (χ3v) is 5.41. The van der Waals surface area contributed by atoms with Crippen LogP contribution in [0.3, 0.4) is 0 Å². The van der Waals surface area contributed by atoms with Crippen LogP contribution in [-0.4, -0.2) is 0 Å². The molecule has 0 heterocycles. The number of rotatable bonds is 4. The fourth-order valence-electron chi connectivity index (χ4n) is 3.86. The molecule has 4 aromatic rings. The average Bonchev–Trinajstić information content (AvgIpc) is 2.73. The van der Waals surface area contributed by atoms with Gasteiger partial charge in [-0.1, -0.05) is 67.9 Å². The van der Waals surface area contributed by atoms with E-state index >= 15 is 4.39 Å². The van der Waals surface area contributed by atoms with Gasteiger partial charge in [-0.25, -0.2) is 13.2 Å². The molecule has 0 radical (unpaired) electrons. The summed E-state index contributed by atoms with van der Waals surface area (Å²) in [7, 11) is 0. The molecule has 0 N–H and O–H groups in total. The number of aryl methyl sites for hydroxylation is 1. The molecule has 0 unspecified atom stereocenters. The SMILES string of the molecule is CCCc1ccc2c(F)c(-c3ccc(-c4cc(F)c(C(F)(F)F)c(F)c4)cc3)ccc2c1. The Kier molecular flexibility index (Phi) is 5.71. The van der Waals surface area contributed by atoms with Crippen molar-refractivity contribution in [2.24, 2.45) is 0 Å². The molecule has 0 atom stereocenters. The van der Waals surface area contributed by atoms with Gasteiger partial charge in [-0.15, -0.1) is 0 Å². The second kappa shape index (κ2) is 8.34. The molecule has 4 aromatic carbocycles. The highest BCUT2D eigenvalue weighted by atomic mass is 19.4. The van der Waals surface area contributed by atoms with Gasteiger partial charge in [0, 0.05) is 10.9 Å². The van der Waals surface area contributed by atoms with Crippen molar-refractivity contribution in [1.82, 2.24) is 0 Å². The summed E-state index contributed by atoms with van der Waals surface area (Å²) in [4.78, 5) is 0. The van der Waals surface area contributed by atoms with Crippen molar-refractivity contribution in [1.29, 1.82) is 0 Å². The molecule has 0 aliphatic carbocycles. The highest BCUT2D eigenvalue weighted by molar-refractivity contribution is 5.89. The number of benzene rings is 4. The summed E-state index contributed by atoms with van der Waals surface area (Å²) in [5.41, 5.74) is 0.383. The first-order valence-electron chi connectivity index (χ1n) is 10.1. The molecule has 0 saturated heterocycles. The van der Waals surface area contributed by atoms with E-state index < -0.39 is 23.4 Å². The van der Waals surface area contributed by atoms with Gasteiger partial charge in [0.1, 0.15) is 23.0 Å². The minimum Gasteiger partial charge on any atom is -0.206 e. The van der Waals surface area contributed by atoms with Gasteiger partial charge in [-0.3, -0.25) is 0 Å². The Morgan fingerprint density at radius 2 is 1.31 bits per heavy atom. The summed E-state index contributed by atoms with van der Waals surface area (Å²) in [5, 5.41) is 1.28. The van der Waals surface area contributed by atoms with E-state index in [4.69, 9.17) is 0 Å². The van der Waals surface area contributed by atoms with E-state index in [1.807, 2.05) is 18.2 Å². The lowest BCUT2D eigenvalue weighted by Gasteiger charge is -2.12. The molecule has 32 heavy (non-hydrogen) atoms. The third-order valence-electron chi connectivity index (χ3n) is 5.41. The summed E-state index contributed by atoms with van der Waals surface area (Å²) in [6, 6.07) is 16.5. The van der Waals surface area contributed by atoms with Crippen LogP contribution >= 0.6 is 0 Å². The van der Waals surface area contributed by atoms with Crippen LogP contribution in [0, 0.1) is 17.5 Å². The van der Waals surface area contributed by atoms with Gasteiger partial charge >= 0.3 is 6.18 Å². The van der Waals surface area contributed by atoms with Crippen molar-refractivity contribution in [2.45, 2.75) is 25.9 Å². The zero-order valence-corrected chi connectivity index (χ0v) is 17.0. The number of alkyl halides is 3. The average molecular weight is 444 g/mol. The maximum Gasteiger partial charge on any atom is 0.422 e. The van der Waals surface area contributed by atoms with Gasteiger partial charge in [0.05, 0.1) is 0 Å². The Labute approximate surface area is 181 Å². The Balaban J connectivity index is 1.69. The number of halogens is 6. The Bertz CT molecular complexity index is 1260. The van der Waals surface area contributed by atoms with E-state index in [2.05, 4.69) is 6.92 Å². The minimum absolute atomic E-state index is 0.0398. The molecule has 0 spiro atoms. The van der Waals surface area contributed by atoms with Gasteiger partial charge in [0.25, 0.3) is 0 Å². The quantitative estimate of drug-likeness (QED) is 0.277. The van der Waals surface area contributed by atoms with E-state index in [1.165, 1.54) is 12.1 Å². The summed E-state index contributed by atoms with van der Waals surface area (Å²) in [6.45, 7) is 2.07. The van der Waals surface area contributed by atoms with Crippen molar-refractivity contribution >= 4 is 10.8 Å². The second-order valence-electron chi connectivity index (χ2n) is 7.62. The van der Waals surface area contributed by atoms with E-state index in [0.717, 1.165) is 23.8 Å². The first-order valence-corrected chi connectivity index (χ1v) is 10.1. The summed E-state index contributed by atoms with van der Waals surface area (Å²) in [5.74, 6) is -3.75. The maximum atomic E-state index is 15.2. The maximum absolute atomic E-state index is 15.2. The predicted octanol–water partition coefficient (Wildman–Crippen LogP) is 8.56. The Hall–Kier alpha value is -3.28. The molecule has 164 valence electrons. The molecule has 0 bridgehead atoms. The van der Waals surface area contributed by atoms with Crippen LogP contribution in [0.4, 0.5) is 26.3 Å². The van der Waals surface area contributed by atoms with Gasteiger partial charge in [0.15, 0.2) is 0 Å². The third kappa shape index (κ3) is 4.09. The Morgan fingerprint density at radius 3 is 1.91 bits per heavy atom. The first-order chi connectivity index (χ1) is 15.2. The van der Waals surface area contributed by atoms with Crippen LogP contribution in [0.25, 0.3) is 33.0 Å². The van der Waals surface area contributed by atoms with Crippen LogP contribution in [-0.2, 0) is 12.6 Å². The van der Waals surface area contributed by atoms with Crippen LogP contribution < -0.4 is 0 Å². The number of hydrogen-bond acceptors (Lipinski definition) is 0. The number of fused-ring (bicyclic) bond motifs is 1. The fraction of sp³-hybridized carbons (Fsp3) is 0.154. The molecule has 0 amide bonds. The zero-order chi connectivity index (χ0) is 23.0. The standard InChI is InChI=1S/C26H18F6/c1-2-3-15-4-10-21-18(12-15)9-11-20(25(21)29)17-7-5-16(6-8-17)19-13-22(27)24(23(28)14-19)26(30,31)32/h4-14H,2-3H2,1H3. The molecular formula is C26H18F6. The molecule has 0 nitrogen and oxygen atoms in total. The highest BCUT2D eigenvalue weighted by Crippen LogP contribution is 2.36. The predicted molar refractivity (Wildman–Crippen MR) is 114 cm³/mol. The van der Waals surface area contributed by atoms with Crippen LogP contribution in [0.2, 0.25) is 0 Å². The topological polar surface area (TPSA) is 0 Å². The normalized spacial score (nSPS) is 11.8.